The average Bonchev–Trinajstić information content (AvgIpc) is 2.50. The molecule has 6 heteroatoms. The van der Waals surface area contributed by atoms with Gasteiger partial charge < -0.3 is 14.9 Å². The number of carboxylic acid groups (broad SMARTS) is 2. The van der Waals surface area contributed by atoms with E-state index in [1.165, 1.54) is 19.3 Å². The number of aliphatic carboxylic acids is 2. The fourth-order valence-electron chi connectivity index (χ4n) is 1.95. The third kappa shape index (κ3) is 29.9. The highest BCUT2D eigenvalue weighted by molar-refractivity contribution is 9.09. The van der Waals surface area contributed by atoms with E-state index in [0.29, 0.717) is 12.8 Å². The van der Waals surface area contributed by atoms with Crippen LogP contribution in [0.5, 0.6) is 0 Å². The maximum Gasteiger partial charge on any atom is 0.303 e. The average molecular weight is 397 g/mol. The summed E-state index contributed by atoms with van der Waals surface area (Å²) in [6, 6.07) is 0. The summed E-state index contributed by atoms with van der Waals surface area (Å²) in [6.45, 7) is 0.818. The van der Waals surface area contributed by atoms with Crippen LogP contribution in [-0.2, 0) is 14.3 Å². The summed E-state index contributed by atoms with van der Waals surface area (Å²) in [5.74, 6) is -1.36. The van der Waals surface area contributed by atoms with E-state index in [-0.39, 0.29) is 0 Å². The van der Waals surface area contributed by atoms with Crippen molar-refractivity contribution in [1.29, 1.82) is 0 Å². The Balaban J connectivity index is 0. The van der Waals surface area contributed by atoms with E-state index in [4.69, 9.17) is 14.9 Å². The third-order valence-electron chi connectivity index (χ3n) is 3.26. The molecule has 0 spiro atoms. The zero-order chi connectivity index (χ0) is 17.8. The zero-order valence-electron chi connectivity index (χ0n) is 14.4. The first-order valence-electron chi connectivity index (χ1n) is 8.53. The summed E-state index contributed by atoms with van der Waals surface area (Å²) in [6.07, 6.45) is 11.3. The molecule has 0 fully saturated rings. The lowest BCUT2D eigenvalue weighted by Gasteiger charge is -1.98. The molecule has 138 valence electrons. The molecule has 2 N–H and O–H groups in total. The number of methoxy groups -OCH3 is 1. The third-order valence-corrected chi connectivity index (χ3v) is 3.82. The van der Waals surface area contributed by atoms with Crippen molar-refractivity contribution in [3.8, 4) is 0 Å². The number of halogens is 1. The van der Waals surface area contributed by atoms with Crippen LogP contribution in [0.2, 0.25) is 0 Å². The molecule has 0 amide bonds. The Morgan fingerprint density at radius 2 is 1.13 bits per heavy atom. The van der Waals surface area contributed by atoms with Gasteiger partial charge in [-0.3, -0.25) is 9.59 Å². The molecule has 23 heavy (non-hydrogen) atoms. The quantitative estimate of drug-likeness (QED) is 0.304. The molecule has 0 aliphatic heterocycles. The molecule has 5 nitrogen and oxygen atoms in total. The minimum absolute atomic E-state index is 0.310. The monoisotopic (exact) mass is 396 g/mol. The molecule has 0 rings (SSSR count). The van der Waals surface area contributed by atoms with Crippen LogP contribution in [0.1, 0.15) is 77.0 Å². The SMILES string of the molecule is COCCCCCCCC(=O)O.O=C(O)CCCCCCCBr. The minimum Gasteiger partial charge on any atom is -0.481 e. The van der Waals surface area contributed by atoms with E-state index in [9.17, 15) is 9.59 Å². The van der Waals surface area contributed by atoms with Crippen LogP contribution in [0, 0.1) is 0 Å². The molecule has 0 aliphatic rings. The highest BCUT2D eigenvalue weighted by atomic mass is 79.9. The summed E-state index contributed by atoms with van der Waals surface area (Å²) in [4.78, 5) is 20.2. The van der Waals surface area contributed by atoms with Gasteiger partial charge in [-0.05, 0) is 25.7 Å². The molecule has 0 aromatic rings. The molecule has 0 radical (unpaired) electrons. The molecule has 0 aromatic heterocycles. The topological polar surface area (TPSA) is 83.8 Å². The first kappa shape index (κ1) is 24.6. The normalized spacial score (nSPS) is 10.0. The Morgan fingerprint density at radius 3 is 1.52 bits per heavy atom. The van der Waals surface area contributed by atoms with Gasteiger partial charge in [-0.2, -0.15) is 0 Å². The van der Waals surface area contributed by atoms with Crippen molar-refractivity contribution >= 4 is 27.9 Å². The molecule has 0 aliphatic carbocycles. The minimum atomic E-state index is -0.688. The van der Waals surface area contributed by atoms with Crippen molar-refractivity contribution < 1.29 is 24.5 Å². The van der Waals surface area contributed by atoms with Crippen molar-refractivity contribution in [3.63, 3.8) is 0 Å². The van der Waals surface area contributed by atoms with Gasteiger partial charge in [-0.15, -0.1) is 0 Å². The van der Waals surface area contributed by atoms with E-state index in [1.807, 2.05) is 0 Å². The lowest BCUT2D eigenvalue weighted by atomic mass is 10.1. The van der Waals surface area contributed by atoms with Crippen molar-refractivity contribution in [2.24, 2.45) is 0 Å². The number of carboxylic acids is 2. The first-order chi connectivity index (χ1) is 11.0. The zero-order valence-corrected chi connectivity index (χ0v) is 16.0. The largest absolute Gasteiger partial charge is 0.481 e. The number of unbranched alkanes of at least 4 members (excludes halogenated alkanes) is 8. The van der Waals surface area contributed by atoms with Gasteiger partial charge in [0, 0.05) is 31.9 Å². The Morgan fingerprint density at radius 1 is 0.739 bits per heavy atom. The lowest BCUT2D eigenvalue weighted by molar-refractivity contribution is -0.138. The summed E-state index contributed by atoms with van der Waals surface area (Å²) >= 11 is 3.35. The molecule has 0 atom stereocenters. The second kappa shape index (κ2) is 21.4. The van der Waals surface area contributed by atoms with Crippen molar-refractivity contribution in [1.82, 2.24) is 0 Å². The summed E-state index contributed by atoms with van der Waals surface area (Å²) in [5, 5.41) is 17.7. The molecule has 0 saturated heterocycles. The van der Waals surface area contributed by atoms with Crippen molar-refractivity contribution in [3.05, 3.63) is 0 Å². The first-order valence-corrected chi connectivity index (χ1v) is 9.65. The predicted octanol–water partition coefficient (Wildman–Crippen LogP) is 4.86. The van der Waals surface area contributed by atoms with Gasteiger partial charge in [0.05, 0.1) is 0 Å². The Hall–Kier alpha value is -0.620. The number of hydrogen-bond acceptors (Lipinski definition) is 3. The van der Waals surface area contributed by atoms with Gasteiger partial charge in [-0.1, -0.05) is 54.5 Å². The Labute approximate surface area is 148 Å². The maximum atomic E-state index is 10.1. The standard InChI is InChI=1S/C9H18O3.C8H15BrO2/c1-12-8-6-4-2-3-5-7-9(10)11;9-7-5-3-1-2-4-6-8(10)11/h2-8H2,1H3,(H,10,11);1-7H2,(H,10,11). The number of ether oxygens (including phenoxy) is 1. The summed E-state index contributed by atoms with van der Waals surface area (Å²) in [5.41, 5.74) is 0. The molecular formula is C17H33BrO5. The van der Waals surface area contributed by atoms with Gasteiger partial charge in [-0.25, -0.2) is 0 Å². The van der Waals surface area contributed by atoms with Crippen molar-refractivity contribution in [2.45, 2.75) is 77.0 Å². The fraction of sp³-hybridized carbons (Fsp3) is 0.882. The van der Waals surface area contributed by atoms with E-state index in [2.05, 4.69) is 15.9 Å². The van der Waals surface area contributed by atoms with E-state index >= 15 is 0 Å². The van der Waals surface area contributed by atoms with E-state index in [0.717, 1.165) is 56.9 Å². The second-order valence-electron chi connectivity index (χ2n) is 5.50. The van der Waals surface area contributed by atoms with Crippen LogP contribution in [0.15, 0.2) is 0 Å². The van der Waals surface area contributed by atoms with Gasteiger partial charge >= 0.3 is 11.9 Å². The lowest BCUT2D eigenvalue weighted by Crippen LogP contribution is -1.94. The van der Waals surface area contributed by atoms with Gasteiger partial charge in [0.2, 0.25) is 0 Å². The van der Waals surface area contributed by atoms with Crippen LogP contribution in [0.25, 0.3) is 0 Å². The van der Waals surface area contributed by atoms with Crippen LogP contribution in [0.3, 0.4) is 0 Å². The molecular weight excluding hydrogens is 364 g/mol. The molecule has 0 bridgehead atoms. The molecule has 0 aromatic carbocycles. The number of rotatable bonds is 15. The Bertz CT molecular complexity index is 272. The van der Waals surface area contributed by atoms with Crippen LogP contribution in [0.4, 0.5) is 0 Å². The molecule has 0 saturated carbocycles. The van der Waals surface area contributed by atoms with E-state index in [1.54, 1.807) is 7.11 Å². The molecule has 0 unspecified atom stereocenters. The maximum absolute atomic E-state index is 10.1. The molecule has 0 heterocycles. The smallest absolute Gasteiger partial charge is 0.303 e. The number of alkyl halides is 1. The highest BCUT2D eigenvalue weighted by Crippen LogP contribution is 2.06. The second-order valence-corrected chi connectivity index (χ2v) is 6.30. The van der Waals surface area contributed by atoms with Gasteiger partial charge in [0.15, 0.2) is 0 Å². The number of hydrogen-bond donors (Lipinski definition) is 2. The number of carbonyl (C=O) groups is 2. The van der Waals surface area contributed by atoms with Gasteiger partial charge in [0.1, 0.15) is 0 Å². The van der Waals surface area contributed by atoms with E-state index < -0.39 is 11.9 Å². The summed E-state index contributed by atoms with van der Waals surface area (Å²) in [7, 11) is 1.70. The van der Waals surface area contributed by atoms with Crippen molar-refractivity contribution in [2.75, 3.05) is 19.0 Å². The van der Waals surface area contributed by atoms with Gasteiger partial charge in [0.25, 0.3) is 0 Å². The Kier molecular flexibility index (Phi) is 22.9. The van der Waals surface area contributed by atoms with Crippen LogP contribution >= 0.6 is 15.9 Å². The summed E-state index contributed by atoms with van der Waals surface area (Å²) < 4.78 is 4.89. The van der Waals surface area contributed by atoms with Crippen LogP contribution < -0.4 is 0 Å². The predicted molar refractivity (Wildman–Crippen MR) is 96.3 cm³/mol. The van der Waals surface area contributed by atoms with Crippen LogP contribution in [-0.4, -0.2) is 41.2 Å². The fourth-order valence-corrected chi connectivity index (χ4v) is 2.35. The highest BCUT2D eigenvalue weighted by Gasteiger charge is 1.96.